The molecule has 0 spiro atoms. The molecule has 102 valence electrons. The van der Waals surface area contributed by atoms with Gasteiger partial charge in [0.25, 0.3) is 0 Å². The first-order valence-electron chi connectivity index (χ1n) is 6.66. The summed E-state index contributed by atoms with van der Waals surface area (Å²) >= 11 is 0. The molecule has 0 saturated heterocycles. The van der Waals surface area contributed by atoms with Crippen molar-refractivity contribution < 1.29 is 9.59 Å². The fourth-order valence-electron chi connectivity index (χ4n) is 3.11. The van der Waals surface area contributed by atoms with Crippen molar-refractivity contribution in [3.05, 3.63) is 0 Å². The molecule has 2 rings (SSSR count). The first-order chi connectivity index (χ1) is 8.59. The van der Waals surface area contributed by atoms with Gasteiger partial charge in [0, 0.05) is 31.3 Å². The van der Waals surface area contributed by atoms with E-state index in [4.69, 9.17) is 11.7 Å². The number of hydrogen-bond acceptors (Lipinski definition) is 6. The summed E-state index contributed by atoms with van der Waals surface area (Å²) in [5.41, 5.74) is 0. The van der Waals surface area contributed by atoms with Gasteiger partial charge in [-0.25, -0.2) is 0 Å². The van der Waals surface area contributed by atoms with Crippen molar-refractivity contribution in [3.63, 3.8) is 0 Å². The third-order valence-corrected chi connectivity index (χ3v) is 4.05. The molecule has 0 aromatic rings. The molecule has 0 aliphatic heterocycles. The van der Waals surface area contributed by atoms with E-state index in [-0.39, 0.29) is 29.4 Å². The maximum atomic E-state index is 12.3. The Balaban J connectivity index is 1.92. The van der Waals surface area contributed by atoms with Crippen molar-refractivity contribution in [3.8, 4) is 0 Å². The highest BCUT2D eigenvalue weighted by molar-refractivity contribution is 6.00. The second-order valence-electron chi connectivity index (χ2n) is 5.31. The fraction of sp³-hybridized carbons (Fsp3) is 0.833. The van der Waals surface area contributed by atoms with Gasteiger partial charge in [0.15, 0.2) is 5.78 Å². The number of nitrogens with one attached hydrogen (secondary N) is 1. The van der Waals surface area contributed by atoms with E-state index in [1.54, 1.807) is 0 Å². The highest BCUT2D eigenvalue weighted by atomic mass is 16.1. The molecule has 3 unspecified atom stereocenters. The highest BCUT2D eigenvalue weighted by Crippen LogP contribution is 2.36. The maximum absolute atomic E-state index is 12.3. The van der Waals surface area contributed by atoms with Gasteiger partial charge in [0.1, 0.15) is 5.78 Å². The van der Waals surface area contributed by atoms with Crippen LogP contribution in [0.5, 0.6) is 0 Å². The molecular formula is C12H22N4O2. The molecule has 2 aliphatic rings. The largest absolute Gasteiger partial charge is 0.306 e. The zero-order valence-electron chi connectivity index (χ0n) is 10.6. The normalized spacial score (nSPS) is 32.7. The summed E-state index contributed by atoms with van der Waals surface area (Å²) in [7, 11) is 0. The Kier molecular flexibility index (Phi) is 4.45. The monoisotopic (exact) mass is 254 g/mol. The summed E-state index contributed by atoms with van der Waals surface area (Å²) in [6.45, 7) is 0.972. The van der Waals surface area contributed by atoms with Crippen molar-refractivity contribution in [2.24, 2.45) is 23.5 Å². The van der Waals surface area contributed by atoms with Crippen LogP contribution in [0, 0.1) is 11.8 Å². The lowest BCUT2D eigenvalue weighted by molar-refractivity contribution is -0.141. The first-order valence-corrected chi connectivity index (χ1v) is 6.66. The molecule has 0 heterocycles. The van der Waals surface area contributed by atoms with Gasteiger partial charge in [-0.15, -0.1) is 0 Å². The molecule has 2 saturated carbocycles. The van der Waals surface area contributed by atoms with E-state index in [0.717, 1.165) is 30.8 Å². The Bertz CT molecular complexity index is 332. The van der Waals surface area contributed by atoms with Crippen molar-refractivity contribution >= 4 is 11.6 Å². The second kappa shape index (κ2) is 5.88. The van der Waals surface area contributed by atoms with Crippen molar-refractivity contribution in [1.82, 2.24) is 10.4 Å². The molecular weight excluding hydrogens is 232 g/mol. The van der Waals surface area contributed by atoms with E-state index in [0.29, 0.717) is 19.5 Å². The predicted molar refractivity (Wildman–Crippen MR) is 67.0 cm³/mol. The Morgan fingerprint density at radius 2 is 1.83 bits per heavy atom. The van der Waals surface area contributed by atoms with Crippen LogP contribution in [0.2, 0.25) is 0 Å². The summed E-state index contributed by atoms with van der Waals surface area (Å²) in [5.74, 6) is 11.0. The Hall–Kier alpha value is -0.820. The lowest BCUT2D eigenvalue weighted by Gasteiger charge is -2.37. The third kappa shape index (κ3) is 2.95. The number of carbonyl (C=O) groups is 2. The van der Waals surface area contributed by atoms with E-state index in [2.05, 4.69) is 5.32 Å². The summed E-state index contributed by atoms with van der Waals surface area (Å²) < 4.78 is 0. The van der Waals surface area contributed by atoms with Crippen molar-refractivity contribution in [2.75, 3.05) is 13.1 Å². The molecule has 0 aromatic heterocycles. The summed E-state index contributed by atoms with van der Waals surface area (Å²) in [4.78, 5) is 24.3. The Labute approximate surface area is 107 Å². The molecule has 2 aliphatic carbocycles. The van der Waals surface area contributed by atoms with Gasteiger partial charge in [0.05, 0.1) is 6.04 Å². The van der Waals surface area contributed by atoms with Gasteiger partial charge in [0.2, 0.25) is 0 Å². The number of nitrogens with two attached hydrogens (primary N) is 2. The van der Waals surface area contributed by atoms with Crippen LogP contribution in [-0.4, -0.2) is 35.8 Å². The smallest absolute Gasteiger partial charge is 0.153 e. The van der Waals surface area contributed by atoms with Crippen molar-refractivity contribution in [2.45, 2.75) is 38.1 Å². The number of ketones is 2. The van der Waals surface area contributed by atoms with Crippen LogP contribution in [0.15, 0.2) is 0 Å². The molecule has 18 heavy (non-hydrogen) atoms. The Morgan fingerprint density at radius 3 is 2.50 bits per heavy atom. The van der Waals surface area contributed by atoms with Crippen LogP contribution < -0.4 is 17.0 Å². The SMILES string of the molecule is NN(N)CCNC1CC(=O)C2CCCCC2C1=O. The summed E-state index contributed by atoms with van der Waals surface area (Å²) in [5, 5.41) is 4.17. The van der Waals surface area contributed by atoms with Crippen LogP contribution in [0.25, 0.3) is 0 Å². The van der Waals surface area contributed by atoms with Gasteiger partial charge in [-0.05, 0) is 12.8 Å². The molecule has 0 amide bonds. The van der Waals surface area contributed by atoms with Crippen LogP contribution in [0.4, 0.5) is 0 Å². The van der Waals surface area contributed by atoms with E-state index in [9.17, 15) is 9.59 Å². The summed E-state index contributed by atoms with van der Waals surface area (Å²) in [6.07, 6.45) is 4.23. The number of hydrazine groups is 2. The molecule has 3 atom stereocenters. The average Bonchev–Trinajstić information content (AvgIpc) is 2.35. The van der Waals surface area contributed by atoms with E-state index in [1.807, 2.05) is 0 Å². The molecule has 5 N–H and O–H groups in total. The average molecular weight is 254 g/mol. The number of nitrogens with zero attached hydrogens (tertiary/aromatic N) is 1. The lowest BCUT2D eigenvalue weighted by atomic mass is 9.68. The minimum atomic E-state index is -0.336. The molecule has 0 aromatic carbocycles. The predicted octanol–water partition coefficient (Wildman–Crippen LogP) is -0.658. The van der Waals surface area contributed by atoms with Gasteiger partial charge < -0.3 is 5.32 Å². The van der Waals surface area contributed by atoms with Gasteiger partial charge >= 0.3 is 0 Å². The maximum Gasteiger partial charge on any atom is 0.153 e. The minimum Gasteiger partial charge on any atom is -0.306 e. The van der Waals surface area contributed by atoms with Crippen LogP contribution in [-0.2, 0) is 9.59 Å². The number of fused-ring (bicyclic) bond motifs is 1. The fourth-order valence-corrected chi connectivity index (χ4v) is 3.11. The second-order valence-corrected chi connectivity index (χ2v) is 5.31. The van der Waals surface area contributed by atoms with Gasteiger partial charge in [-0.3, -0.25) is 21.3 Å². The van der Waals surface area contributed by atoms with E-state index < -0.39 is 0 Å². The zero-order chi connectivity index (χ0) is 13.1. The third-order valence-electron chi connectivity index (χ3n) is 4.05. The van der Waals surface area contributed by atoms with Gasteiger partial charge in [-0.2, -0.15) is 5.12 Å². The van der Waals surface area contributed by atoms with E-state index in [1.165, 1.54) is 0 Å². The number of carbonyl (C=O) groups excluding carboxylic acids is 2. The minimum absolute atomic E-state index is 0.00943. The van der Waals surface area contributed by atoms with Crippen LogP contribution >= 0.6 is 0 Å². The van der Waals surface area contributed by atoms with Crippen LogP contribution in [0.1, 0.15) is 32.1 Å². The topological polar surface area (TPSA) is 101 Å². The van der Waals surface area contributed by atoms with Crippen LogP contribution in [0.3, 0.4) is 0 Å². The molecule has 2 fully saturated rings. The quantitative estimate of drug-likeness (QED) is 0.455. The number of hydrogen-bond donors (Lipinski definition) is 3. The van der Waals surface area contributed by atoms with Gasteiger partial charge in [-0.1, -0.05) is 12.8 Å². The highest BCUT2D eigenvalue weighted by Gasteiger charge is 2.43. The van der Waals surface area contributed by atoms with Crippen molar-refractivity contribution in [1.29, 1.82) is 0 Å². The number of Topliss-reactive ketones (excluding diaryl/α,β-unsaturated/α-hetero) is 2. The molecule has 0 bridgehead atoms. The summed E-state index contributed by atoms with van der Waals surface area (Å²) in [6, 6.07) is -0.336. The number of rotatable bonds is 4. The molecule has 0 radical (unpaired) electrons. The molecule has 6 nitrogen and oxygen atoms in total. The van der Waals surface area contributed by atoms with E-state index >= 15 is 0 Å². The zero-order valence-corrected chi connectivity index (χ0v) is 10.6. The molecule has 6 heteroatoms. The standard InChI is InChI=1S/C12H22N4O2/c13-16(14)6-5-15-10-7-11(17)8-3-1-2-4-9(8)12(10)18/h8-10,15H,1-7,13-14H2. The lowest BCUT2D eigenvalue weighted by Crippen LogP contribution is -2.53. The Morgan fingerprint density at radius 1 is 1.17 bits per heavy atom. The first kappa shape index (κ1) is 13.6.